The van der Waals surface area contributed by atoms with Gasteiger partial charge in [0.1, 0.15) is 23.4 Å². The van der Waals surface area contributed by atoms with Gasteiger partial charge in [0, 0.05) is 69.1 Å². The summed E-state index contributed by atoms with van der Waals surface area (Å²) in [6, 6.07) is 16.2. The molecule has 3 saturated heterocycles. The number of carbonyl (C=O) groups excluding carboxylic acids is 2. The fourth-order valence-corrected chi connectivity index (χ4v) is 10.8. The van der Waals surface area contributed by atoms with E-state index in [0.29, 0.717) is 40.3 Å². The number of anilines is 3. The van der Waals surface area contributed by atoms with Crippen molar-refractivity contribution in [2.24, 2.45) is 17.6 Å². The number of nitrogens with one attached hydrogen (secondary N) is 2. The number of phenolic OH excluding ortho intramolecular Hbond substituents is 1. The smallest absolute Gasteiger partial charge is 0.243 e. The second-order valence-corrected chi connectivity index (χ2v) is 20.1. The van der Waals surface area contributed by atoms with E-state index in [-0.39, 0.29) is 54.6 Å². The molecule has 358 valence electrons. The lowest BCUT2D eigenvalue weighted by molar-refractivity contribution is -0.141. The van der Waals surface area contributed by atoms with Gasteiger partial charge in [-0.15, -0.1) is 11.3 Å². The number of piperidine rings is 2. The van der Waals surface area contributed by atoms with E-state index in [4.69, 9.17) is 21.1 Å². The molecule has 0 saturated carbocycles. The van der Waals surface area contributed by atoms with Crippen molar-refractivity contribution in [3.05, 3.63) is 88.4 Å². The van der Waals surface area contributed by atoms with E-state index in [1.165, 1.54) is 4.90 Å². The van der Waals surface area contributed by atoms with E-state index in [1.54, 1.807) is 29.5 Å². The molecule has 6 heterocycles. The molecule has 16 nitrogen and oxygen atoms in total. The Bertz CT molecular complexity index is 2520. The second kappa shape index (κ2) is 20.5. The van der Waals surface area contributed by atoms with E-state index in [0.717, 1.165) is 85.8 Å². The molecule has 2 amide bonds. The predicted octanol–water partition coefficient (Wildman–Crippen LogP) is 7.00. The summed E-state index contributed by atoms with van der Waals surface area (Å²) in [7, 11) is 0. The molecule has 3 fully saturated rings. The summed E-state index contributed by atoms with van der Waals surface area (Å²) in [5, 5.41) is 37.1. The zero-order valence-corrected chi connectivity index (χ0v) is 40.4. The number of aliphatic hydroxyl groups excluding tert-OH is 1. The minimum absolute atomic E-state index is 0.0760. The monoisotopic (exact) mass is 934 g/mol. The molecule has 0 radical (unpaired) electrons. The number of nitrogen functional groups attached to an aromatic ring is 1. The van der Waals surface area contributed by atoms with Gasteiger partial charge in [0.25, 0.3) is 0 Å². The number of aromatic hydroxyl groups is 1. The molecule has 17 heteroatoms. The number of hydrogen-bond donors (Lipinski definition) is 6. The predicted molar refractivity (Wildman–Crippen MR) is 264 cm³/mol. The van der Waals surface area contributed by atoms with Crippen molar-refractivity contribution in [1.82, 2.24) is 35.0 Å². The number of benzene rings is 2. The van der Waals surface area contributed by atoms with Gasteiger partial charge in [-0.3, -0.25) is 14.3 Å². The summed E-state index contributed by atoms with van der Waals surface area (Å²) in [5.41, 5.74) is 20.3. The standard InChI is InChI=1S/C50H67N11O5S/c1-29(2)45(50(65)60-27-37(62)23-41(60)49(64)55-31(5)34-11-13-35(14-12-34)47-32(6)53-28-67-47)43-25-44(57-66-43)59-21-15-33(16-22-59)26-58-19-17-36(18-20-58)61-40(46(52)48(56-61)54-30(3)4)24-39(51)38-9-7-8-10-42(38)63/h7-14,24-25,28-31,33,36-37,41,45,62-63H,15-23,26-27,51-52H2,1-6H3,(H,54,56)(H,55,64)/b39-24-/t31-,37+,41-,45?/m0/s1. The molecule has 67 heavy (non-hydrogen) atoms. The topological polar surface area (TPSA) is 217 Å². The SMILES string of the molecule is Cc1ncsc1-c1ccc([C@H](C)NC(=O)[C@@H]2C[C@@H](O)CN2C(=O)C(c2cc(N3CCC(CN4CCC(n5nc(NC(C)C)c(N)c5/C=C(\N)c5ccccc5O)CC4)CC3)no2)C(C)C)cc1. The highest BCUT2D eigenvalue weighted by molar-refractivity contribution is 7.13. The molecule has 0 aliphatic carbocycles. The van der Waals surface area contributed by atoms with Crippen molar-refractivity contribution in [2.75, 3.05) is 55.2 Å². The van der Waals surface area contributed by atoms with Gasteiger partial charge >= 0.3 is 0 Å². The van der Waals surface area contributed by atoms with Crippen LogP contribution in [0.3, 0.4) is 0 Å². The minimum Gasteiger partial charge on any atom is -0.507 e. The van der Waals surface area contributed by atoms with Crippen LogP contribution in [0.4, 0.5) is 17.3 Å². The minimum atomic E-state index is -0.809. The Morgan fingerprint density at radius 3 is 2.37 bits per heavy atom. The summed E-state index contributed by atoms with van der Waals surface area (Å²) < 4.78 is 7.95. The Kier molecular flexibility index (Phi) is 14.6. The summed E-state index contributed by atoms with van der Waals surface area (Å²) in [6.07, 6.45) is 5.03. The van der Waals surface area contributed by atoms with Crippen molar-refractivity contribution in [3.63, 3.8) is 0 Å². The first kappa shape index (κ1) is 47.6. The molecule has 5 aromatic rings. The van der Waals surface area contributed by atoms with Crippen LogP contribution in [0.2, 0.25) is 0 Å². The summed E-state index contributed by atoms with van der Waals surface area (Å²) in [5.74, 6) is 1.12. The lowest BCUT2D eigenvalue weighted by atomic mass is 9.91. The molecule has 3 aromatic heterocycles. The van der Waals surface area contributed by atoms with Crippen LogP contribution in [0.25, 0.3) is 22.2 Å². The van der Waals surface area contributed by atoms with Gasteiger partial charge in [-0.05, 0) is 94.5 Å². The zero-order valence-electron chi connectivity index (χ0n) is 39.6. The molecule has 1 unspecified atom stereocenters. The van der Waals surface area contributed by atoms with Gasteiger partial charge in [0.05, 0.1) is 40.0 Å². The number of para-hydroxylation sites is 1. The highest BCUT2D eigenvalue weighted by atomic mass is 32.1. The molecule has 2 aromatic carbocycles. The van der Waals surface area contributed by atoms with Gasteiger partial charge in [-0.1, -0.05) is 55.4 Å². The molecule has 4 atom stereocenters. The van der Waals surface area contributed by atoms with Crippen LogP contribution in [0.15, 0.2) is 64.6 Å². The third kappa shape index (κ3) is 10.6. The highest BCUT2D eigenvalue weighted by Crippen LogP contribution is 2.37. The number of amides is 2. The molecule has 0 spiro atoms. The van der Waals surface area contributed by atoms with Crippen LogP contribution in [-0.4, -0.2) is 109 Å². The van der Waals surface area contributed by atoms with Gasteiger partial charge < -0.3 is 51.5 Å². The summed E-state index contributed by atoms with van der Waals surface area (Å²) in [4.78, 5) is 40.0. The average Bonchev–Trinajstić information content (AvgIpc) is 4.12. The largest absolute Gasteiger partial charge is 0.507 e. The third-order valence-corrected chi connectivity index (χ3v) is 14.7. The number of hydrogen-bond acceptors (Lipinski definition) is 14. The van der Waals surface area contributed by atoms with E-state index in [9.17, 15) is 19.8 Å². The number of carbonyl (C=O) groups is 2. The van der Waals surface area contributed by atoms with Crippen LogP contribution in [0.1, 0.15) is 113 Å². The van der Waals surface area contributed by atoms with Gasteiger partial charge in [-0.2, -0.15) is 5.10 Å². The lowest BCUT2D eigenvalue weighted by Gasteiger charge is -2.37. The Hall–Kier alpha value is -5.91. The van der Waals surface area contributed by atoms with Crippen LogP contribution < -0.4 is 27.0 Å². The maximum atomic E-state index is 14.4. The number of phenols is 1. The first-order valence-electron chi connectivity index (χ1n) is 23.8. The third-order valence-electron chi connectivity index (χ3n) is 13.7. The fraction of sp³-hybridized carbons (Fsp3) is 0.500. The summed E-state index contributed by atoms with van der Waals surface area (Å²) >= 11 is 1.60. The second-order valence-electron chi connectivity index (χ2n) is 19.3. The first-order valence-corrected chi connectivity index (χ1v) is 24.7. The van der Waals surface area contributed by atoms with E-state index >= 15 is 0 Å². The van der Waals surface area contributed by atoms with Crippen molar-refractivity contribution in [3.8, 4) is 16.2 Å². The van der Waals surface area contributed by atoms with E-state index in [2.05, 4.69) is 44.4 Å². The molecule has 8 N–H and O–H groups in total. The molecule has 0 bridgehead atoms. The number of aliphatic hydroxyl groups is 1. The Labute approximate surface area is 397 Å². The molecule has 3 aliphatic rings. The Morgan fingerprint density at radius 2 is 1.72 bits per heavy atom. The Balaban J connectivity index is 0.848. The number of nitrogens with zero attached hydrogens (tertiary/aromatic N) is 7. The molecule has 8 rings (SSSR count). The van der Waals surface area contributed by atoms with Gasteiger partial charge in [-0.25, -0.2) is 4.98 Å². The lowest BCUT2D eigenvalue weighted by Crippen LogP contribution is -2.48. The van der Waals surface area contributed by atoms with Crippen LogP contribution >= 0.6 is 11.3 Å². The van der Waals surface area contributed by atoms with Crippen LogP contribution in [0.5, 0.6) is 5.75 Å². The zero-order chi connectivity index (χ0) is 47.5. The maximum Gasteiger partial charge on any atom is 0.243 e. The number of rotatable bonds is 15. The first-order chi connectivity index (χ1) is 32.1. The van der Waals surface area contributed by atoms with Crippen molar-refractivity contribution in [1.29, 1.82) is 0 Å². The van der Waals surface area contributed by atoms with Gasteiger partial charge in [0.2, 0.25) is 11.8 Å². The molecule has 3 aliphatic heterocycles. The normalized spacial score (nSPS) is 19.9. The van der Waals surface area contributed by atoms with Crippen molar-refractivity contribution < 1.29 is 24.3 Å². The average molecular weight is 934 g/mol. The molecular weight excluding hydrogens is 867 g/mol. The number of aryl methyl sites for hydroxylation is 1. The fourth-order valence-electron chi connectivity index (χ4n) is 9.95. The highest BCUT2D eigenvalue weighted by Gasteiger charge is 2.44. The number of aromatic nitrogens is 4. The number of nitrogens with two attached hydrogens (primary N) is 2. The Morgan fingerprint density at radius 1 is 1.00 bits per heavy atom. The molecular formula is C50H67N11O5S. The van der Waals surface area contributed by atoms with Crippen LogP contribution in [0, 0.1) is 18.8 Å². The quantitative estimate of drug-likeness (QED) is 0.0624. The van der Waals surface area contributed by atoms with Crippen molar-refractivity contribution >= 4 is 52.2 Å². The van der Waals surface area contributed by atoms with Crippen LogP contribution in [-0.2, 0) is 9.59 Å². The number of thiazole rings is 1. The van der Waals surface area contributed by atoms with E-state index < -0.39 is 18.1 Å². The summed E-state index contributed by atoms with van der Waals surface area (Å²) in [6.45, 7) is 16.6. The van der Waals surface area contributed by atoms with E-state index in [1.807, 2.05) is 80.4 Å². The van der Waals surface area contributed by atoms with Gasteiger partial charge in [0.15, 0.2) is 17.4 Å². The van der Waals surface area contributed by atoms with Crippen molar-refractivity contribution in [2.45, 2.75) is 110 Å². The number of likely N-dealkylation sites (tertiary alicyclic amines) is 2. The number of β-amino-alcohol motifs (C(OH)–C–C–N with tert-alkyl or cyclic N) is 1. The maximum absolute atomic E-state index is 14.4.